The molecule has 0 radical (unpaired) electrons. The molecule has 0 spiro atoms. The van der Waals surface area contributed by atoms with Crippen LogP contribution in [0.25, 0.3) is 0 Å². The molecule has 0 fully saturated rings. The van der Waals surface area contributed by atoms with E-state index >= 15 is 0 Å². The van der Waals surface area contributed by atoms with Crippen LogP contribution in [0.1, 0.15) is 34.1 Å². The van der Waals surface area contributed by atoms with Gasteiger partial charge in [0.2, 0.25) is 0 Å². The molecule has 1 amide bonds. The molecule has 0 saturated heterocycles. The first-order valence-corrected chi connectivity index (χ1v) is 4.96. The average molecular weight is 221 g/mol. The van der Waals surface area contributed by atoms with Crippen LogP contribution in [0.3, 0.4) is 0 Å². The summed E-state index contributed by atoms with van der Waals surface area (Å²) < 4.78 is 5.46. The molecule has 0 aliphatic carbocycles. The van der Waals surface area contributed by atoms with Crippen molar-refractivity contribution < 1.29 is 19.4 Å². The van der Waals surface area contributed by atoms with E-state index in [1.54, 1.807) is 0 Å². The minimum absolute atomic E-state index is 0.0763. The Morgan fingerprint density at radius 1 is 1.56 bits per heavy atom. The first kappa shape index (κ1) is 10.5. The van der Waals surface area contributed by atoms with E-state index in [2.05, 4.69) is 5.32 Å². The molecule has 1 unspecified atom stereocenters. The van der Waals surface area contributed by atoms with E-state index in [0.29, 0.717) is 12.2 Å². The summed E-state index contributed by atoms with van der Waals surface area (Å²) in [5.74, 6) is -0.926. The van der Waals surface area contributed by atoms with Gasteiger partial charge in [-0.1, -0.05) is 6.92 Å². The third-order valence-electron chi connectivity index (χ3n) is 2.40. The Balaban J connectivity index is 2.41. The molecule has 0 bridgehead atoms. The molecule has 1 atom stereocenters. The van der Waals surface area contributed by atoms with Gasteiger partial charge in [-0.05, 0) is 18.2 Å². The number of nitrogens with one attached hydrogen (secondary N) is 1. The third-order valence-corrected chi connectivity index (χ3v) is 2.40. The smallest absolute Gasteiger partial charge is 0.335 e. The maximum atomic E-state index is 11.6. The van der Waals surface area contributed by atoms with E-state index in [1.807, 2.05) is 6.92 Å². The second-order valence-corrected chi connectivity index (χ2v) is 3.50. The third kappa shape index (κ3) is 1.71. The van der Waals surface area contributed by atoms with E-state index in [4.69, 9.17) is 9.84 Å². The summed E-state index contributed by atoms with van der Waals surface area (Å²) in [5.41, 5.74) is 0.344. The summed E-state index contributed by atoms with van der Waals surface area (Å²) in [4.78, 5) is 22.4. The van der Waals surface area contributed by atoms with Gasteiger partial charge >= 0.3 is 5.97 Å². The molecule has 2 N–H and O–H groups in total. The van der Waals surface area contributed by atoms with Gasteiger partial charge in [0.15, 0.2) is 6.23 Å². The zero-order chi connectivity index (χ0) is 11.7. The zero-order valence-corrected chi connectivity index (χ0v) is 8.69. The molecule has 1 aliphatic rings. The Bertz CT molecular complexity index is 455. The number of carboxylic acids is 1. The second kappa shape index (κ2) is 3.84. The van der Waals surface area contributed by atoms with Crippen LogP contribution >= 0.6 is 0 Å². The number of hydrogen-bond donors (Lipinski definition) is 2. The van der Waals surface area contributed by atoms with Crippen molar-refractivity contribution in [2.45, 2.75) is 19.6 Å². The maximum absolute atomic E-state index is 11.6. The van der Waals surface area contributed by atoms with Crippen molar-refractivity contribution in [3.8, 4) is 5.75 Å². The van der Waals surface area contributed by atoms with Crippen LogP contribution in [0, 0.1) is 0 Å². The number of rotatable bonds is 2. The highest BCUT2D eigenvalue weighted by atomic mass is 16.5. The van der Waals surface area contributed by atoms with Gasteiger partial charge in [0, 0.05) is 6.42 Å². The van der Waals surface area contributed by atoms with Crippen LogP contribution in [0.4, 0.5) is 0 Å². The molecule has 2 rings (SSSR count). The van der Waals surface area contributed by atoms with Crippen molar-refractivity contribution in [2.75, 3.05) is 0 Å². The molecule has 84 valence electrons. The predicted molar refractivity (Wildman–Crippen MR) is 55.6 cm³/mol. The maximum Gasteiger partial charge on any atom is 0.335 e. The average Bonchev–Trinajstić information content (AvgIpc) is 2.28. The fraction of sp³-hybridized carbons (Fsp3) is 0.273. The zero-order valence-electron chi connectivity index (χ0n) is 8.69. The van der Waals surface area contributed by atoms with Crippen LogP contribution in [-0.4, -0.2) is 23.2 Å². The van der Waals surface area contributed by atoms with Crippen LogP contribution in [-0.2, 0) is 0 Å². The number of hydrogen-bond acceptors (Lipinski definition) is 3. The van der Waals surface area contributed by atoms with Crippen molar-refractivity contribution in [3.63, 3.8) is 0 Å². The van der Waals surface area contributed by atoms with Crippen LogP contribution in [0.15, 0.2) is 18.2 Å². The van der Waals surface area contributed by atoms with Crippen molar-refractivity contribution in [2.24, 2.45) is 0 Å². The fourth-order valence-electron chi connectivity index (χ4n) is 1.54. The van der Waals surface area contributed by atoms with E-state index in [0.717, 1.165) is 0 Å². The molecule has 5 nitrogen and oxygen atoms in total. The highest BCUT2D eigenvalue weighted by molar-refractivity contribution is 6.00. The van der Waals surface area contributed by atoms with Crippen molar-refractivity contribution in [1.82, 2.24) is 5.32 Å². The lowest BCUT2D eigenvalue weighted by Crippen LogP contribution is -2.42. The summed E-state index contributed by atoms with van der Waals surface area (Å²) in [6.07, 6.45) is 0.321. The number of carbonyl (C=O) groups excluding carboxylic acids is 1. The van der Waals surface area contributed by atoms with Crippen molar-refractivity contribution >= 4 is 11.9 Å². The molecule has 1 heterocycles. The number of benzene rings is 1. The van der Waals surface area contributed by atoms with Gasteiger partial charge in [-0.25, -0.2) is 4.79 Å². The summed E-state index contributed by atoms with van der Waals surface area (Å²) in [6.45, 7) is 1.89. The lowest BCUT2D eigenvalue weighted by molar-refractivity contribution is 0.0696. The van der Waals surface area contributed by atoms with Crippen LogP contribution in [0.2, 0.25) is 0 Å². The van der Waals surface area contributed by atoms with E-state index < -0.39 is 5.97 Å². The highest BCUT2D eigenvalue weighted by Crippen LogP contribution is 2.25. The van der Waals surface area contributed by atoms with Gasteiger partial charge in [-0.2, -0.15) is 0 Å². The fourth-order valence-corrected chi connectivity index (χ4v) is 1.54. The second-order valence-electron chi connectivity index (χ2n) is 3.50. The molecule has 5 heteroatoms. The van der Waals surface area contributed by atoms with Gasteiger partial charge in [-0.3, -0.25) is 4.79 Å². The normalized spacial score (nSPS) is 18.3. The van der Waals surface area contributed by atoms with Gasteiger partial charge in [0.25, 0.3) is 5.91 Å². The summed E-state index contributed by atoms with van der Waals surface area (Å²) in [5, 5.41) is 11.4. The Morgan fingerprint density at radius 2 is 2.31 bits per heavy atom. The van der Waals surface area contributed by atoms with Gasteiger partial charge in [0.1, 0.15) is 5.75 Å². The Kier molecular flexibility index (Phi) is 2.52. The van der Waals surface area contributed by atoms with E-state index in [1.165, 1.54) is 18.2 Å². The van der Waals surface area contributed by atoms with Crippen molar-refractivity contribution in [3.05, 3.63) is 29.3 Å². The number of fused-ring (bicyclic) bond motifs is 1. The van der Waals surface area contributed by atoms with E-state index in [-0.39, 0.29) is 23.3 Å². The van der Waals surface area contributed by atoms with Gasteiger partial charge in [0.05, 0.1) is 11.1 Å². The minimum atomic E-state index is -1.06. The number of carboxylic acid groups (broad SMARTS) is 1. The standard InChI is InChI=1S/C11H11NO4/c1-2-9-12-10(13)7-5-6(11(14)15)3-4-8(7)16-9/h3-5,9H,2H2,1H3,(H,12,13)(H,14,15). The monoisotopic (exact) mass is 221 g/mol. The number of ether oxygens (including phenoxy) is 1. The van der Waals surface area contributed by atoms with Crippen molar-refractivity contribution in [1.29, 1.82) is 0 Å². The number of amides is 1. The predicted octanol–water partition coefficient (Wildman–Crippen LogP) is 1.24. The Labute approximate surface area is 92.0 Å². The molecule has 0 saturated carbocycles. The number of carbonyl (C=O) groups is 2. The lowest BCUT2D eigenvalue weighted by Gasteiger charge is -2.25. The first-order chi connectivity index (χ1) is 7.61. The topological polar surface area (TPSA) is 75.6 Å². The Hall–Kier alpha value is -2.04. The molecule has 1 aliphatic heterocycles. The lowest BCUT2D eigenvalue weighted by atomic mass is 10.1. The molecule has 16 heavy (non-hydrogen) atoms. The molecule has 1 aromatic carbocycles. The Morgan fingerprint density at radius 3 is 2.94 bits per heavy atom. The quantitative estimate of drug-likeness (QED) is 0.787. The van der Waals surface area contributed by atoms with Gasteiger partial charge in [-0.15, -0.1) is 0 Å². The van der Waals surface area contributed by atoms with Crippen LogP contribution < -0.4 is 10.1 Å². The summed E-state index contributed by atoms with van der Waals surface area (Å²) in [6, 6.07) is 4.26. The van der Waals surface area contributed by atoms with E-state index in [9.17, 15) is 9.59 Å². The molecular formula is C11H11NO4. The summed E-state index contributed by atoms with van der Waals surface area (Å²) >= 11 is 0. The first-order valence-electron chi connectivity index (χ1n) is 4.96. The highest BCUT2D eigenvalue weighted by Gasteiger charge is 2.25. The van der Waals surface area contributed by atoms with Gasteiger partial charge < -0.3 is 15.2 Å². The molecular weight excluding hydrogens is 210 g/mol. The molecule has 1 aromatic rings. The largest absolute Gasteiger partial charge is 0.478 e. The van der Waals surface area contributed by atoms with Crippen LogP contribution in [0.5, 0.6) is 5.75 Å². The SMILES string of the molecule is CCC1NC(=O)c2cc(C(=O)O)ccc2O1. The summed E-state index contributed by atoms with van der Waals surface area (Å²) in [7, 11) is 0. The molecule has 0 aromatic heterocycles. The number of aromatic carboxylic acids is 1. The minimum Gasteiger partial charge on any atom is -0.478 e.